The molecule has 0 aliphatic rings. The summed E-state index contributed by atoms with van der Waals surface area (Å²) in [4.78, 5) is 14.1. The van der Waals surface area contributed by atoms with Gasteiger partial charge in [-0.3, -0.25) is 4.79 Å². The number of rotatable bonds is 7. The molecule has 0 radical (unpaired) electrons. The number of benzene rings is 2. The van der Waals surface area contributed by atoms with Gasteiger partial charge in [-0.15, -0.1) is 0 Å². The predicted molar refractivity (Wildman–Crippen MR) is 94.9 cm³/mol. The topological polar surface area (TPSA) is 38.8 Å². The predicted octanol–water partition coefficient (Wildman–Crippen LogP) is 3.57. The summed E-state index contributed by atoms with van der Waals surface area (Å²) >= 11 is 0. The second-order valence-corrected chi connectivity index (χ2v) is 5.98. The van der Waals surface area contributed by atoms with Crippen LogP contribution in [0.4, 0.5) is 0 Å². The Morgan fingerprint density at radius 1 is 1.12 bits per heavy atom. The first-order chi connectivity index (χ1) is 11.5. The van der Waals surface area contributed by atoms with Gasteiger partial charge in [0.2, 0.25) is 0 Å². The third-order valence-corrected chi connectivity index (χ3v) is 3.90. The highest BCUT2D eigenvalue weighted by molar-refractivity contribution is 5.80. The van der Waals surface area contributed by atoms with Crippen molar-refractivity contribution in [2.45, 2.75) is 33.1 Å². The van der Waals surface area contributed by atoms with Crippen LogP contribution < -0.4 is 4.74 Å². The molecule has 0 aliphatic carbocycles. The average Bonchev–Trinajstić information content (AvgIpc) is 2.61. The highest BCUT2D eigenvalue weighted by atomic mass is 16.5. The first-order valence-electron chi connectivity index (χ1n) is 8.04. The molecule has 0 heterocycles. The Hall–Kier alpha value is -2.33. The van der Waals surface area contributed by atoms with E-state index in [0.717, 1.165) is 16.9 Å². The monoisotopic (exact) mass is 327 g/mol. The van der Waals surface area contributed by atoms with E-state index in [4.69, 9.17) is 9.47 Å². The lowest BCUT2D eigenvalue weighted by molar-refractivity contribution is -0.142. The molecule has 1 unspecified atom stereocenters. The fourth-order valence-corrected chi connectivity index (χ4v) is 2.41. The lowest BCUT2D eigenvalue weighted by atomic mass is 10.1. The molecule has 2 aromatic rings. The van der Waals surface area contributed by atoms with Crippen LogP contribution in [0.3, 0.4) is 0 Å². The van der Waals surface area contributed by atoms with Crippen LogP contribution in [0, 0.1) is 6.92 Å². The minimum atomic E-state index is -0.494. The largest absolute Gasteiger partial charge is 0.497 e. The van der Waals surface area contributed by atoms with Crippen molar-refractivity contribution in [3.8, 4) is 5.75 Å². The smallest absolute Gasteiger partial charge is 0.251 e. The van der Waals surface area contributed by atoms with E-state index in [1.165, 1.54) is 5.56 Å². The second kappa shape index (κ2) is 8.50. The van der Waals surface area contributed by atoms with Gasteiger partial charge in [-0.25, -0.2) is 0 Å². The van der Waals surface area contributed by atoms with E-state index in [1.807, 2.05) is 43.3 Å². The van der Waals surface area contributed by atoms with Crippen LogP contribution in [0.1, 0.15) is 23.6 Å². The number of methoxy groups -OCH3 is 1. The molecule has 0 aliphatic heterocycles. The van der Waals surface area contributed by atoms with Crippen molar-refractivity contribution in [2.75, 3.05) is 14.2 Å². The van der Waals surface area contributed by atoms with Crippen LogP contribution in [-0.4, -0.2) is 31.1 Å². The fourth-order valence-electron chi connectivity index (χ4n) is 2.41. The molecule has 2 aromatic carbocycles. The molecule has 0 saturated carbocycles. The van der Waals surface area contributed by atoms with Gasteiger partial charge in [0.05, 0.1) is 13.7 Å². The molecule has 0 spiro atoms. The number of carbonyl (C=O) groups excluding carboxylic acids is 1. The summed E-state index contributed by atoms with van der Waals surface area (Å²) in [6.07, 6.45) is -0.494. The molecule has 1 amide bonds. The highest BCUT2D eigenvalue weighted by Gasteiger charge is 2.18. The standard InChI is InChI=1S/C20H25NO3/c1-15-8-10-17(11-9-15)13-21(3)20(22)16(2)24-14-18-6-5-7-19(12-18)23-4/h5-12,16H,13-14H2,1-4H3. The third kappa shape index (κ3) is 5.10. The average molecular weight is 327 g/mol. The van der Waals surface area contributed by atoms with E-state index < -0.39 is 6.10 Å². The second-order valence-electron chi connectivity index (χ2n) is 5.98. The van der Waals surface area contributed by atoms with Crippen LogP contribution in [0.15, 0.2) is 48.5 Å². The first kappa shape index (κ1) is 18.0. The van der Waals surface area contributed by atoms with Crippen molar-refractivity contribution >= 4 is 5.91 Å². The maximum atomic E-state index is 12.4. The van der Waals surface area contributed by atoms with E-state index in [-0.39, 0.29) is 5.91 Å². The Kier molecular flexibility index (Phi) is 6.38. The van der Waals surface area contributed by atoms with Gasteiger partial charge < -0.3 is 14.4 Å². The van der Waals surface area contributed by atoms with Gasteiger partial charge in [0.15, 0.2) is 0 Å². The van der Waals surface area contributed by atoms with Crippen molar-refractivity contribution in [1.29, 1.82) is 0 Å². The summed E-state index contributed by atoms with van der Waals surface area (Å²) < 4.78 is 10.9. The molecular formula is C20H25NO3. The summed E-state index contributed by atoms with van der Waals surface area (Å²) in [6, 6.07) is 15.8. The molecule has 2 rings (SSSR count). The normalized spacial score (nSPS) is 11.8. The summed E-state index contributed by atoms with van der Waals surface area (Å²) in [6.45, 7) is 4.79. The van der Waals surface area contributed by atoms with Crippen LogP contribution >= 0.6 is 0 Å². The number of aryl methyl sites for hydroxylation is 1. The van der Waals surface area contributed by atoms with Gasteiger partial charge in [0, 0.05) is 13.6 Å². The zero-order valence-corrected chi connectivity index (χ0v) is 14.8. The number of ether oxygens (including phenoxy) is 2. The minimum absolute atomic E-state index is 0.0292. The Bertz CT molecular complexity index is 667. The molecule has 0 N–H and O–H groups in total. The lowest BCUT2D eigenvalue weighted by Gasteiger charge is -2.22. The van der Waals surface area contributed by atoms with Crippen LogP contribution in [0.25, 0.3) is 0 Å². The molecule has 4 heteroatoms. The van der Waals surface area contributed by atoms with Crippen molar-refractivity contribution in [3.63, 3.8) is 0 Å². The van der Waals surface area contributed by atoms with Crippen LogP contribution in [0.2, 0.25) is 0 Å². The zero-order chi connectivity index (χ0) is 17.5. The van der Waals surface area contributed by atoms with Gasteiger partial charge >= 0.3 is 0 Å². The molecule has 0 fully saturated rings. The Labute approximate surface area is 144 Å². The maximum absolute atomic E-state index is 12.4. The number of hydrogen-bond acceptors (Lipinski definition) is 3. The van der Waals surface area contributed by atoms with Gasteiger partial charge in [-0.05, 0) is 37.1 Å². The maximum Gasteiger partial charge on any atom is 0.251 e. The SMILES string of the molecule is COc1cccc(COC(C)C(=O)N(C)Cc2ccc(C)cc2)c1. The quantitative estimate of drug-likeness (QED) is 0.780. The number of hydrogen-bond donors (Lipinski definition) is 0. The van der Waals surface area contributed by atoms with E-state index in [2.05, 4.69) is 12.1 Å². The van der Waals surface area contributed by atoms with Crippen molar-refractivity contribution < 1.29 is 14.3 Å². The number of likely N-dealkylation sites (N-methyl/N-ethyl adjacent to an activating group) is 1. The molecule has 0 aromatic heterocycles. The van der Waals surface area contributed by atoms with Gasteiger partial charge in [0.1, 0.15) is 11.9 Å². The fraction of sp³-hybridized carbons (Fsp3) is 0.350. The molecule has 4 nitrogen and oxygen atoms in total. The van der Waals surface area contributed by atoms with E-state index in [0.29, 0.717) is 13.2 Å². The summed E-state index contributed by atoms with van der Waals surface area (Å²) in [5, 5.41) is 0. The number of nitrogens with zero attached hydrogens (tertiary/aromatic N) is 1. The van der Waals surface area contributed by atoms with Gasteiger partial charge in [-0.1, -0.05) is 42.0 Å². The molecule has 0 bridgehead atoms. The Morgan fingerprint density at radius 3 is 2.50 bits per heavy atom. The lowest BCUT2D eigenvalue weighted by Crippen LogP contribution is -2.35. The number of amides is 1. The Balaban J connectivity index is 1.87. The number of carbonyl (C=O) groups is 1. The minimum Gasteiger partial charge on any atom is -0.497 e. The van der Waals surface area contributed by atoms with Gasteiger partial charge in [0.25, 0.3) is 5.91 Å². The van der Waals surface area contributed by atoms with Crippen molar-refractivity contribution in [1.82, 2.24) is 4.90 Å². The van der Waals surface area contributed by atoms with Crippen molar-refractivity contribution in [2.24, 2.45) is 0 Å². The van der Waals surface area contributed by atoms with Crippen LogP contribution in [-0.2, 0) is 22.7 Å². The molecule has 1 atom stereocenters. The first-order valence-corrected chi connectivity index (χ1v) is 8.04. The summed E-state index contributed by atoms with van der Waals surface area (Å²) in [7, 11) is 3.43. The van der Waals surface area contributed by atoms with E-state index in [9.17, 15) is 4.79 Å². The summed E-state index contributed by atoms with van der Waals surface area (Å²) in [5.41, 5.74) is 3.30. The van der Waals surface area contributed by atoms with Crippen molar-refractivity contribution in [3.05, 3.63) is 65.2 Å². The highest BCUT2D eigenvalue weighted by Crippen LogP contribution is 2.14. The third-order valence-electron chi connectivity index (χ3n) is 3.90. The van der Waals surface area contributed by atoms with Crippen LogP contribution in [0.5, 0.6) is 5.75 Å². The van der Waals surface area contributed by atoms with E-state index >= 15 is 0 Å². The Morgan fingerprint density at radius 2 is 1.83 bits per heavy atom. The summed E-state index contributed by atoms with van der Waals surface area (Å²) in [5.74, 6) is 0.755. The molecule has 24 heavy (non-hydrogen) atoms. The zero-order valence-electron chi connectivity index (χ0n) is 14.8. The molecule has 0 saturated heterocycles. The molecule has 128 valence electrons. The molecular weight excluding hydrogens is 302 g/mol. The van der Waals surface area contributed by atoms with Gasteiger partial charge in [-0.2, -0.15) is 0 Å². The van der Waals surface area contributed by atoms with E-state index in [1.54, 1.807) is 26.0 Å².